The number of halogens is 1. The minimum atomic E-state index is -3.36. The summed E-state index contributed by atoms with van der Waals surface area (Å²) in [6.45, 7) is 5.93. The first-order valence-corrected chi connectivity index (χ1v) is 8.62. The van der Waals surface area contributed by atoms with Crippen LogP contribution in [-0.4, -0.2) is 26.6 Å². The van der Waals surface area contributed by atoms with Crippen molar-refractivity contribution in [2.24, 2.45) is 5.92 Å². The number of hydrogen-bond donors (Lipinski definition) is 1. The Kier molecular flexibility index (Phi) is 5.15. The number of carbonyl (C=O) groups is 1. The summed E-state index contributed by atoms with van der Waals surface area (Å²) in [6.07, 6.45) is 1.12. The third kappa shape index (κ3) is 4.31. The number of hydrogen-bond acceptors (Lipinski definition) is 3. The zero-order chi connectivity index (χ0) is 14.8. The van der Waals surface area contributed by atoms with E-state index in [1.54, 1.807) is 12.1 Å². The van der Waals surface area contributed by atoms with Crippen LogP contribution in [0.3, 0.4) is 0 Å². The molecule has 0 aliphatic heterocycles. The van der Waals surface area contributed by atoms with E-state index in [0.717, 1.165) is 6.26 Å². The Morgan fingerprint density at radius 3 is 2.32 bits per heavy atom. The lowest BCUT2D eigenvalue weighted by Gasteiger charge is -2.17. The highest BCUT2D eigenvalue weighted by molar-refractivity contribution is 9.10. The highest BCUT2D eigenvalue weighted by Gasteiger charge is 2.17. The maximum atomic E-state index is 12.0. The summed E-state index contributed by atoms with van der Waals surface area (Å²) in [5.74, 6) is 0.0485. The molecule has 0 heterocycles. The van der Waals surface area contributed by atoms with Crippen LogP contribution in [0.5, 0.6) is 0 Å². The van der Waals surface area contributed by atoms with Gasteiger partial charge < -0.3 is 5.32 Å². The van der Waals surface area contributed by atoms with Crippen LogP contribution in [0.2, 0.25) is 0 Å². The zero-order valence-corrected chi connectivity index (χ0v) is 13.8. The maximum absolute atomic E-state index is 12.0. The van der Waals surface area contributed by atoms with E-state index < -0.39 is 9.84 Å². The smallest absolute Gasteiger partial charge is 0.251 e. The van der Waals surface area contributed by atoms with Crippen LogP contribution in [0.4, 0.5) is 0 Å². The van der Waals surface area contributed by atoms with E-state index in [1.165, 1.54) is 6.07 Å². The van der Waals surface area contributed by atoms with Crippen molar-refractivity contribution in [2.45, 2.75) is 31.7 Å². The third-order valence-corrected chi connectivity index (χ3v) is 5.04. The number of carbonyl (C=O) groups excluding carboxylic acids is 1. The van der Waals surface area contributed by atoms with Crippen molar-refractivity contribution in [2.75, 3.05) is 6.26 Å². The van der Waals surface area contributed by atoms with Crippen molar-refractivity contribution in [3.63, 3.8) is 0 Å². The molecule has 19 heavy (non-hydrogen) atoms. The maximum Gasteiger partial charge on any atom is 0.251 e. The molecule has 0 bridgehead atoms. The summed E-state index contributed by atoms with van der Waals surface area (Å²) in [5, 5.41) is 2.84. The first kappa shape index (κ1) is 16.2. The lowest BCUT2D eigenvalue weighted by Crippen LogP contribution is -2.36. The predicted molar refractivity (Wildman–Crippen MR) is 79.0 cm³/mol. The average Bonchev–Trinajstić information content (AvgIpc) is 2.27. The van der Waals surface area contributed by atoms with E-state index in [1.807, 2.05) is 20.8 Å². The summed E-state index contributed by atoms with van der Waals surface area (Å²) in [6, 6.07) is 4.59. The van der Waals surface area contributed by atoms with Gasteiger partial charge in [0, 0.05) is 22.3 Å². The van der Waals surface area contributed by atoms with Gasteiger partial charge in [-0.1, -0.05) is 13.8 Å². The van der Waals surface area contributed by atoms with Crippen LogP contribution >= 0.6 is 15.9 Å². The van der Waals surface area contributed by atoms with E-state index >= 15 is 0 Å². The fourth-order valence-corrected chi connectivity index (χ4v) is 3.28. The summed E-state index contributed by atoms with van der Waals surface area (Å²) in [5.41, 5.74) is 0.344. The van der Waals surface area contributed by atoms with E-state index in [2.05, 4.69) is 21.2 Å². The molecule has 4 nitrogen and oxygen atoms in total. The minimum absolute atomic E-state index is 0.0258. The van der Waals surface area contributed by atoms with Crippen molar-refractivity contribution >= 4 is 31.7 Å². The molecule has 0 aromatic heterocycles. The van der Waals surface area contributed by atoms with Gasteiger partial charge in [0.25, 0.3) is 5.91 Å². The van der Waals surface area contributed by atoms with Gasteiger partial charge in [0.05, 0.1) is 4.90 Å². The van der Waals surface area contributed by atoms with Crippen LogP contribution < -0.4 is 5.32 Å². The summed E-state index contributed by atoms with van der Waals surface area (Å²) < 4.78 is 23.7. The number of sulfone groups is 1. The number of benzene rings is 1. The van der Waals surface area contributed by atoms with E-state index in [9.17, 15) is 13.2 Å². The molecule has 0 saturated heterocycles. The fraction of sp³-hybridized carbons (Fsp3) is 0.462. The first-order chi connectivity index (χ1) is 8.62. The van der Waals surface area contributed by atoms with Crippen LogP contribution in [-0.2, 0) is 9.84 Å². The summed E-state index contributed by atoms with van der Waals surface area (Å²) in [7, 11) is -3.36. The van der Waals surface area contributed by atoms with Gasteiger partial charge in [0.2, 0.25) is 0 Å². The van der Waals surface area contributed by atoms with E-state index in [4.69, 9.17) is 0 Å². The molecule has 1 atom stereocenters. The molecule has 1 aromatic rings. The number of rotatable bonds is 4. The highest BCUT2D eigenvalue weighted by Crippen LogP contribution is 2.23. The Labute approximate surface area is 122 Å². The molecular weight excluding hydrogens is 330 g/mol. The number of nitrogens with one attached hydrogen (secondary N) is 1. The van der Waals surface area contributed by atoms with Gasteiger partial charge in [0.1, 0.15) is 0 Å². The monoisotopic (exact) mass is 347 g/mol. The lowest BCUT2D eigenvalue weighted by atomic mass is 10.1. The van der Waals surface area contributed by atoms with Crippen molar-refractivity contribution < 1.29 is 13.2 Å². The molecule has 0 radical (unpaired) electrons. The quantitative estimate of drug-likeness (QED) is 0.910. The van der Waals surface area contributed by atoms with Gasteiger partial charge in [-0.05, 0) is 47.0 Å². The molecule has 1 aromatic carbocycles. The molecule has 1 unspecified atom stereocenters. The lowest BCUT2D eigenvalue weighted by molar-refractivity contribution is 0.0930. The normalized spacial score (nSPS) is 13.4. The van der Waals surface area contributed by atoms with Gasteiger partial charge in [0.15, 0.2) is 9.84 Å². The van der Waals surface area contributed by atoms with Gasteiger partial charge in [-0.2, -0.15) is 0 Å². The Morgan fingerprint density at radius 2 is 1.84 bits per heavy atom. The SMILES string of the molecule is CC(C)C(C)NC(=O)c1ccc(Br)c(S(C)(=O)=O)c1. The topological polar surface area (TPSA) is 63.2 Å². The van der Waals surface area contributed by atoms with Gasteiger partial charge >= 0.3 is 0 Å². The predicted octanol–water partition coefficient (Wildman–Crippen LogP) is 2.63. The molecule has 106 valence electrons. The van der Waals surface area contributed by atoms with Crippen molar-refractivity contribution in [3.8, 4) is 0 Å². The summed E-state index contributed by atoms with van der Waals surface area (Å²) in [4.78, 5) is 12.2. The second-order valence-corrected chi connectivity index (χ2v) is 7.76. The molecule has 0 saturated carbocycles. The Morgan fingerprint density at radius 1 is 1.26 bits per heavy atom. The van der Waals surface area contributed by atoms with Crippen molar-refractivity contribution in [1.82, 2.24) is 5.32 Å². The average molecular weight is 348 g/mol. The van der Waals surface area contributed by atoms with Crippen LogP contribution in [0, 0.1) is 5.92 Å². The molecule has 1 rings (SSSR count). The minimum Gasteiger partial charge on any atom is -0.349 e. The number of amides is 1. The van der Waals surface area contributed by atoms with Crippen LogP contribution in [0.25, 0.3) is 0 Å². The highest BCUT2D eigenvalue weighted by atomic mass is 79.9. The van der Waals surface area contributed by atoms with Crippen LogP contribution in [0.15, 0.2) is 27.6 Å². The fourth-order valence-electron chi connectivity index (χ4n) is 1.39. The molecule has 1 N–H and O–H groups in total. The first-order valence-electron chi connectivity index (χ1n) is 5.93. The Balaban J connectivity index is 3.07. The molecule has 1 amide bonds. The van der Waals surface area contributed by atoms with E-state index in [0.29, 0.717) is 16.0 Å². The third-order valence-electron chi connectivity index (χ3n) is 2.95. The molecular formula is C13H18BrNO3S. The largest absolute Gasteiger partial charge is 0.349 e. The second kappa shape index (κ2) is 6.05. The molecule has 0 aliphatic carbocycles. The Hall–Kier alpha value is -0.880. The summed E-state index contributed by atoms with van der Waals surface area (Å²) >= 11 is 3.18. The standard InChI is InChI=1S/C13H18BrNO3S/c1-8(2)9(3)15-13(16)10-5-6-11(14)12(7-10)19(4,17)18/h5-9H,1-4H3,(H,15,16). The zero-order valence-electron chi connectivity index (χ0n) is 11.4. The molecule has 0 aliphatic rings. The van der Waals surface area contributed by atoms with Gasteiger partial charge in [-0.25, -0.2) is 8.42 Å². The molecule has 0 spiro atoms. The molecule has 6 heteroatoms. The van der Waals surface area contributed by atoms with Crippen molar-refractivity contribution in [1.29, 1.82) is 0 Å². The van der Waals surface area contributed by atoms with Gasteiger partial charge in [-0.3, -0.25) is 4.79 Å². The van der Waals surface area contributed by atoms with E-state index in [-0.39, 0.29) is 16.8 Å². The van der Waals surface area contributed by atoms with Crippen molar-refractivity contribution in [3.05, 3.63) is 28.2 Å². The Bertz CT molecular complexity index is 582. The van der Waals surface area contributed by atoms with Crippen LogP contribution in [0.1, 0.15) is 31.1 Å². The molecule has 0 fully saturated rings. The second-order valence-electron chi connectivity index (χ2n) is 4.92. The van der Waals surface area contributed by atoms with Gasteiger partial charge in [-0.15, -0.1) is 0 Å².